The van der Waals surface area contributed by atoms with Crippen molar-refractivity contribution in [2.24, 2.45) is 5.92 Å². The van der Waals surface area contributed by atoms with Crippen LogP contribution in [0.1, 0.15) is 42.1 Å². The van der Waals surface area contributed by atoms with Gasteiger partial charge in [0.15, 0.2) is 23.2 Å². The number of nitrogens with one attached hydrogen (secondary N) is 1. The maximum atomic E-state index is 13.5. The van der Waals surface area contributed by atoms with Crippen molar-refractivity contribution < 1.29 is 23.4 Å². The van der Waals surface area contributed by atoms with Crippen LogP contribution in [-0.4, -0.2) is 44.4 Å². The van der Waals surface area contributed by atoms with Crippen LogP contribution >= 0.6 is 0 Å². The Balaban J connectivity index is 1.19. The van der Waals surface area contributed by atoms with Gasteiger partial charge in [-0.15, -0.1) is 0 Å². The first-order chi connectivity index (χ1) is 17.4. The number of amides is 1. The molecule has 186 valence electrons. The zero-order valence-corrected chi connectivity index (χ0v) is 19.6. The van der Waals surface area contributed by atoms with Gasteiger partial charge >= 0.3 is 0 Å². The molecule has 1 fully saturated rings. The Kier molecular flexibility index (Phi) is 6.49. The van der Waals surface area contributed by atoms with Crippen LogP contribution in [0.3, 0.4) is 0 Å². The van der Waals surface area contributed by atoms with Crippen LogP contribution in [0.5, 0.6) is 11.6 Å². The summed E-state index contributed by atoms with van der Waals surface area (Å²) in [6, 6.07) is 9.56. The van der Waals surface area contributed by atoms with E-state index in [9.17, 15) is 18.7 Å². The summed E-state index contributed by atoms with van der Waals surface area (Å²) in [7, 11) is 1.57. The van der Waals surface area contributed by atoms with E-state index < -0.39 is 23.3 Å². The van der Waals surface area contributed by atoms with Crippen LogP contribution in [0.25, 0.3) is 22.3 Å². The number of methoxy groups -OCH3 is 1. The van der Waals surface area contributed by atoms with Crippen LogP contribution < -0.4 is 10.1 Å². The highest BCUT2D eigenvalue weighted by molar-refractivity contribution is 5.94. The van der Waals surface area contributed by atoms with E-state index in [2.05, 4.69) is 15.3 Å². The van der Waals surface area contributed by atoms with E-state index in [0.29, 0.717) is 18.2 Å². The molecule has 2 aromatic carbocycles. The summed E-state index contributed by atoms with van der Waals surface area (Å²) in [5, 5.41) is 17.8. The van der Waals surface area contributed by atoms with Crippen molar-refractivity contribution in [2.75, 3.05) is 13.7 Å². The Morgan fingerprint density at radius 2 is 1.89 bits per heavy atom. The van der Waals surface area contributed by atoms with E-state index in [0.717, 1.165) is 54.3 Å². The van der Waals surface area contributed by atoms with Crippen LogP contribution in [0.15, 0.2) is 48.8 Å². The number of aromatic nitrogens is 4. The van der Waals surface area contributed by atoms with Gasteiger partial charge in [0.1, 0.15) is 0 Å². The number of carbonyl (C=O) groups is 1. The highest BCUT2D eigenvalue weighted by atomic mass is 19.1. The average Bonchev–Trinajstić information content (AvgIpc) is 3.34. The topological polar surface area (TPSA) is 102 Å². The normalized spacial score (nSPS) is 17.8. The molecule has 2 aromatic heterocycles. The average molecular weight is 494 g/mol. The number of rotatable bonds is 6. The summed E-state index contributed by atoms with van der Waals surface area (Å²) in [5.74, 6) is -2.62. The molecule has 1 aliphatic rings. The molecule has 36 heavy (non-hydrogen) atoms. The first-order valence-corrected chi connectivity index (χ1v) is 11.7. The van der Waals surface area contributed by atoms with Crippen LogP contribution in [0.4, 0.5) is 8.78 Å². The second-order valence-electron chi connectivity index (χ2n) is 8.98. The number of halogens is 2. The van der Waals surface area contributed by atoms with Crippen molar-refractivity contribution >= 4 is 16.8 Å². The molecule has 4 aromatic rings. The number of phenols is 1. The molecular formula is C26H25F2N5O3. The lowest BCUT2D eigenvalue weighted by Crippen LogP contribution is -2.31. The summed E-state index contributed by atoms with van der Waals surface area (Å²) in [4.78, 5) is 21.0. The van der Waals surface area contributed by atoms with E-state index >= 15 is 0 Å². The maximum absolute atomic E-state index is 13.5. The number of phenolic OH excluding ortho intramolecular Hbond substituents is 1. The van der Waals surface area contributed by atoms with E-state index in [1.54, 1.807) is 19.4 Å². The van der Waals surface area contributed by atoms with E-state index in [-0.39, 0.29) is 17.5 Å². The maximum Gasteiger partial charge on any atom is 0.251 e. The van der Waals surface area contributed by atoms with Crippen molar-refractivity contribution in [3.05, 3.63) is 66.0 Å². The van der Waals surface area contributed by atoms with Gasteiger partial charge in [-0.3, -0.25) is 9.48 Å². The van der Waals surface area contributed by atoms with Gasteiger partial charge in [-0.05, 0) is 49.8 Å². The predicted molar refractivity (Wildman–Crippen MR) is 129 cm³/mol. The molecule has 2 heterocycles. The van der Waals surface area contributed by atoms with Gasteiger partial charge in [-0.25, -0.2) is 13.8 Å². The second kappa shape index (κ2) is 9.88. The molecule has 0 unspecified atom stereocenters. The standard InChI is InChI=1S/C26H25F2N5O3/c1-36-23-8-9-29-25(31-23)16-4-5-17-14-33(32-22(17)12-16)19-6-2-15(3-7-19)13-30-26(35)18-10-20(27)24(34)21(28)11-18/h4-5,8-12,14-15,19,34H,2-3,6-7,13H2,1H3,(H,30,35). The molecule has 1 amide bonds. The monoisotopic (exact) mass is 493 g/mol. The summed E-state index contributed by atoms with van der Waals surface area (Å²) >= 11 is 0. The Morgan fingerprint density at radius 3 is 2.61 bits per heavy atom. The molecule has 0 bridgehead atoms. The largest absolute Gasteiger partial charge is 0.503 e. The Hall–Kier alpha value is -4.08. The summed E-state index contributed by atoms with van der Waals surface area (Å²) in [5.41, 5.74) is 1.57. The van der Waals surface area contributed by atoms with Crippen molar-refractivity contribution in [1.29, 1.82) is 0 Å². The molecule has 1 saturated carbocycles. The first kappa shape index (κ1) is 23.7. The molecular weight excluding hydrogens is 468 g/mol. The minimum atomic E-state index is -1.16. The molecule has 5 rings (SSSR count). The molecule has 0 saturated heterocycles. The van der Waals surface area contributed by atoms with Crippen molar-refractivity contribution in [2.45, 2.75) is 31.7 Å². The molecule has 0 spiro atoms. The smallest absolute Gasteiger partial charge is 0.251 e. The lowest BCUT2D eigenvalue weighted by molar-refractivity contribution is 0.0940. The van der Waals surface area contributed by atoms with Crippen LogP contribution in [0, 0.1) is 17.6 Å². The van der Waals surface area contributed by atoms with Crippen molar-refractivity contribution in [1.82, 2.24) is 25.1 Å². The third-order valence-corrected chi connectivity index (χ3v) is 6.64. The number of benzene rings is 2. The van der Waals surface area contributed by atoms with Crippen LogP contribution in [0.2, 0.25) is 0 Å². The SMILES string of the molecule is COc1ccnc(-c2ccc3cn(C4CCC(CNC(=O)c5cc(F)c(O)c(F)c5)CC4)nc3c2)n1. The zero-order chi connectivity index (χ0) is 25.2. The number of carbonyl (C=O) groups excluding carboxylic acids is 1. The Labute approximate surface area is 206 Å². The molecule has 0 radical (unpaired) electrons. The highest BCUT2D eigenvalue weighted by Crippen LogP contribution is 2.33. The zero-order valence-electron chi connectivity index (χ0n) is 19.6. The molecule has 8 nitrogen and oxygen atoms in total. The Bertz CT molecular complexity index is 1390. The minimum Gasteiger partial charge on any atom is -0.503 e. The quantitative estimate of drug-likeness (QED) is 0.406. The third kappa shape index (κ3) is 4.84. The number of hydrogen-bond acceptors (Lipinski definition) is 6. The lowest BCUT2D eigenvalue weighted by Gasteiger charge is -2.28. The fourth-order valence-corrected chi connectivity index (χ4v) is 4.61. The van der Waals surface area contributed by atoms with Gasteiger partial charge in [-0.1, -0.05) is 12.1 Å². The van der Waals surface area contributed by atoms with Gasteiger partial charge in [0.05, 0.1) is 18.7 Å². The third-order valence-electron chi connectivity index (χ3n) is 6.64. The van der Waals surface area contributed by atoms with E-state index in [1.807, 2.05) is 29.1 Å². The van der Waals surface area contributed by atoms with E-state index in [1.165, 1.54) is 0 Å². The predicted octanol–water partition coefficient (Wildman–Crippen LogP) is 4.65. The van der Waals surface area contributed by atoms with Crippen LogP contribution in [-0.2, 0) is 0 Å². The molecule has 1 aliphatic carbocycles. The lowest BCUT2D eigenvalue weighted by atomic mass is 9.86. The second-order valence-corrected chi connectivity index (χ2v) is 8.98. The fourth-order valence-electron chi connectivity index (χ4n) is 4.61. The first-order valence-electron chi connectivity index (χ1n) is 11.7. The molecule has 0 atom stereocenters. The number of nitrogens with zero attached hydrogens (tertiary/aromatic N) is 4. The Morgan fingerprint density at radius 1 is 1.14 bits per heavy atom. The number of aromatic hydroxyl groups is 1. The van der Waals surface area contributed by atoms with Gasteiger partial charge in [-0.2, -0.15) is 10.1 Å². The van der Waals surface area contributed by atoms with Gasteiger partial charge in [0.2, 0.25) is 5.88 Å². The number of hydrogen-bond donors (Lipinski definition) is 2. The highest BCUT2D eigenvalue weighted by Gasteiger charge is 2.24. The fraction of sp³-hybridized carbons (Fsp3) is 0.308. The summed E-state index contributed by atoms with van der Waals surface area (Å²) in [6.45, 7) is 0.417. The molecule has 10 heteroatoms. The van der Waals surface area contributed by atoms with Gasteiger partial charge < -0.3 is 15.2 Å². The summed E-state index contributed by atoms with van der Waals surface area (Å²) < 4.78 is 34.3. The molecule has 2 N–H and O–H groups in total. The number of fused-ring (bicyclic) bond motifs is 1. The van der Waals surface area contributed by atoms with Gasteiger partial charge in [0.25, 0.3) is 5.91 Å². The minimum absolute atomic E-state index is 0.154. The van der Waals surface area contributed by atoms with Gasteiger partial charge in [0, 0.05) is 41.5 Å². The summed E-state index contributed by atoms with van der Waals surface area (Å²) in [6.07, 6.45) is 7.30. The van der Waals surface area contributed by atoms with Crippen molar-refractivity contribution in [3.63, 3.8) is 0 Å². The number of ether oxygens (including phenoxy) is 1. The van der Waals surface area contributed by atoms with Crippen molar-refractivity contribution in [3.8, 4) is 23.0 Å². The van der Waals surface area contributed by atoms with E-state index in [4.69, 9.17) is 9.84 Å². The molecule has 0 aliphatic heterocycles.